The zero-order chi connectivity index (χ0) is 17.1. The second-order valence-corrected chi connectivity index (χ2v) is 6.17. The molecule has 3 heterocycles. The lowest BCUT2D eigenvalue weighted by Crippen LogP contribution is -2.34. The molecule has 7 heteroatoms. The smallest absolute Gasteiger partial charge is 0.252 e. The minimum absolute atomic E-state index is 0.106. The Balaban J connectivity index is 1.88. The number of primary amides is 1. The van der Waals surface area contributed by atoms with Crippen LogP contribution in [0.25, 0.3) is 0 Å². The minimum Gasteiger partial charge on any atom is -0.495 e. The van der Waals surface area contributed by atoms with E-state index < -0.39 is 5.91 Å². The third kappa shape index (κ3) is 3.12. The van der Waals surface area contributed by atoms with Crippen LogP contribution in [0.2, 0.25) is 0 Å². The number of ether oxygens (including phenoxy) is 1. The summed E-state index contributed by atoms with van der Waals surface area (Å²) in [5.74, 6) is 0.351. The first-order valence-corrected chi connectivity index (χ1v) is 8.16. The molecule has 0 spiro atoms. The SMILES string of the molecule is COc1cncc(CN2CCCCC2c2[nH]ncc2C(N)=O)c1C. The van der Waals surface area contributed by atoms with Crippen LogP contribution in [0.3, 0.4) is 0 Å². The monoisotopic (exact) mass is 329 g/mol. The Morgan fingerprint density at radius 3 is 3.00 bits per heavy atom. The summed E-state index contributed by atoms with van der Waals surface area (Å²) in [5, 5.41) is 7.00. The number of aromatic nitrogens is 3. The van der Waals surface area contributed by atoms with Crippen molar-refractivity contribution in [2.45, 2.75) is 38.8 Å². The highest BCUT2D eigenvalue weighted by Gasteiger charge is 2.29. The lowest BCUT2D eigenvalue weighted by Gasteiger charge is -2.35. The van der Waals surface area contributed by atoms with Gasteiger partial charge in [-0.3, -0.25) is 19.8 Å². The lowest BCUT2D eigenvalue weighted by molar-refractivity contribution is 0.0989. The number of carbonyl (C=O) groups excluding carboxylic acids is 1. The molecule has 7 nitrogen and oxygen atoms in total. The molecule has 1 aliphatic rings. The molecule has 2 aromatic heterocycles. The maximum absolute atomic E-state index is 11.6. The average molecular weight is 329 g/mol. The molecule has 1 amide bonds. The number of pyridine rings is 1. The van der Waals surface area contributed by atoms with Gasteiger partial charge < -0.3 is 10.5 Å². The van der Waals surface area contributed by atoms with Gasteiger partial charge in [-0.25, -0.2) is 0 Å². The number of amides is 1. The van der Waals surface area contributed by atoms with E-state index in [1.807, 2.05) is 13.1 Å². The van der Waals surface area contributed by atoms with E-state index in [9.17, 15) is 4.79 Å². The highest BCUT2D eigenvalue weighted by molar-refractivity contribution is 5.93. The normalized spacial score (nSPS) is 18.5. The van der Waals surface area contributed by atoms with Gasteiger partial charge in [-0.05, 0) is 37.4 Å². The standard InChI is InChI=1S/C17H23N5O2/c1-11-12(7-19-9-15(11)24-2)10-22-6-4-3-5-14(22)16-13(17(18)23)8-20-21-16/h7-9,14H,3-6,10H2,1-2H3,(H2,18,23)(H,20,21). The van der Waals surface area contributed by atoms with Crippen LogP contribution in [-0.2, 0) is 6.54 Å². The summed E-state index contributed by atoms with van der Waals surface area (Å²) in [6, 6.07) is 0.106. The molecular weight excluding hydrogens is 306 g/mol. The molecule has 3 rings (SSSR count). The minimum atomic E-state index is -0.441. The zero-order valence-electron chi connectivity index (χ0n) is 14.1. The summed E-state index contributed by atoms with van der Waals surface area (Å²) in [6.45, 7) is 3.75. The molecule has 0 aliphatic carbocycles. The van der Waals surface area contributed by atoms with Gasteiger partial charge in [0.1, 0.15) is 5.75 Å². The van der Waals surface area contributed by atoms with Crippen molar-refractivity contribution in [1.29, 1.82) is 0 Å². The Bertz CT molecular complexity index is 728. The Morgan fingerprint density at radius 2 is 2.25 bits per heavy atom. The number of nitrogens with zero attached hydrogens (tertiary/aromatic N) is 3. The van der Waals surface area contributed by atoms with Crippen molar-refractivity contribution >= 4 is 5.91 Å². The maximum atomic E-state index is 11.6. The Hall–Kier alpha value is -2.41. The first kappa shape index (κ1) is 16.4. The molecule has 1 saturated heterocycles. The third-order valence-corrected chi connectivity index (χ3v) is 4.75. The topological polar surface area (TPSA) is 97.1 Å². The van der Waals surface area contributed by atoms with Crippen LogP contribution in [-0.4, -0.2) is 39.6 Å². The van der Waals surface area contributed by atoms with Crippen molar-refractivity contribution in [1.82, 2.24) is 20.1 Å². The Morgan fingerprint density at radius 1 is 1.42 bits per heavy atom. The van der Waals surface area contributed by atoms with Crippen LogP contribution in [0.15, 0.2) is 18.6 Å². The van der Waals surface area contributed by atoms with Gasteiger partial charge in [-0.2, -0.15) is 5.10 Å². The van der Waals surface area contributed by atoms with Crippen LogP contribution in [0.1, 0.15) is 52.5 Å². The fourth-order valence-electron chi connectivity index (χ4n) is 3.38. The van der Waals surface area contributed by atoms with E-state index in [1.165, 1.54) is 6.20 Å². The van der Waals surface area contributed by atoms with Gasteiger partial charge in [0.25, 0.3) is 5.91 Å². The first-order chi connectivity index (χ1) is 11.6. The van der Waals surface area contributed by atoms with Gasteiger partial charge in [0.15, 0.2) is 0 Å². The quantitative estimate of drug-likeness (QED) is 0.874. The molecule has 0 saturated carbocycles. The fourth-order valence-corrected chi connectivity index (χ4v) is 3.38. The molecule has 1 atom stereocenters. The summed E-state index contributed by atoms with van der Waals surface area (Å²) in [6.07, 6.45) is 8.35. The highest BCUT2D eigenvalue weighted by Crippen LogP contribution is 2.33. The molecule has 1 fully saturated rings. The summed E-state index contributed by atoms with van der Waals surface area (Å²) in [5.41, 5.74) is 9.00. The molecule has 24 heavy (non-hydrogen) atoms. The first-order valence-electron chi connectivity index (χ1n) is 8.16. The largest absolute Gasteiger partial charge is 0.495 e. The summed E-state index contributed by atoms with van der Waals surface area (Å²) in [7, 11) is 1.65. The average Bonchev–Trinajstić information content (AvgIpc) is 3.07. The molecule has 3 N–H and O–H groups in total. The van der Waals surface area contributed by atoms with Crippen molar-refractivity contribution < 1.29 is 9.53 Å². The molecule has 1 unspecified atom stereocenters. The van der Waals surface area contributed by atoms with Gasteiger partial charge >= 0.3 is 0 Å². The number of piperidine rings is 1. The number of aromatic amines is 1. The van der Waals surface area contributed by atoms with E-state index in [2.05, 4.69) is 20.1 Å². The zero-order valence-corrected chi connectivity index (χ0v) is 14.1. The second kappa shape index (κ2) is 7.00. The van der Waals surface area contributed by atoms with E-state index in [1.54, 1.807) is 13.3 Å². The second-order valence-electron chi connectivity index (χ2n) is 6.17. The molecule has 0 radical (unpaired) electrons. The van der Waals surface area contributed by atoms with Gasteiger partial charge in [0, 0.05) is 12.7 Å². The maximum Gasteiger partial charge on any atom is 0.252 e. The third-order valence-electron chi connectivity index (χ3n) is 4.75. The number of likely N-dealkylation sites (tertiary alicyclic amines) is 1. The van der Waals surface area contributed by atoms with Gasteiger partial charge in [0.05, 0.1) is 36.8 Å². The van der Waals surface area contributed by atoms with Gasteiger partial charge in [0.2, 0.25) is 0 Å². The number of rotatable bonds is 5. The number of H-pyrrole nitrogens is 1. The van der Waals surface area contributed by atoms with E-state index in [0.29, 0.717) is 5.56 Å². The van der Waals surface area contributed by atoms with E-state index in [0.717, 1.165) is 54.9 Å². The molecule has 128 valence electrons. The molecular formula is C17H23N5O2. The number of hydrogen-bond donors (Lipinski definition) is 2. The predicted octanol–water partition coefficient (Wildman–Crippen LogP) is 1.95. The van der Waals surface area contributed by atoms with Gasteiger partial charge in [-0.1, -0.05) is 6.42 Å². The number of nitrogens with two attached hydrogens (primary N) is 1. The number of nitrogens with one attached hydrogen (secondary N) is 1. The highest BCUT2D eigenvalue weighted by atomic mass is 16.5. The van der Waals surface area contributed by atoms with E-state index >= 15 is 0 Å². The molecule has 2 aromatic rings. The summed E-state index contributed by atoms with van der Waals surface area (Å²) >= 11 is 0. The van der Waals surface area contributed by atoms with E-state index in [4.69, 9.17) is 10.5 Å². The predicted molar refractivity (Wildman–Crippen MR) is 89.6 cm³/mol. The van der Waals surface area contributed by atoms with Crippen molar-refractivity contribution in [3.63, 3.8) is 0 Å². The van der Waals surface area contributed by atoms with Crippen molar-refractivity contribution in [2.75, 3.05) is 13.7 Å². The number of carbonyl (C=O) groups is 1. The summed E-state index contributed by atoms with van der Waals surface area (Å²) in [4.78, 5) is 18.3. The molecule has 1 aliphatic heterocycles. The molecule has 0 aromatic carbocycles. The fraction of sp³-hybridized carbons (Fsp3) is 0.471. The van der Waals surface area contributed by atoms with E-state index in [-0.39, 0.29) is 6.04 Å². The van der Waals surface area contributed by atoms with Crippen LogP contribution in [0, 0.1) is 6.92 Å². The van der Waals surface area contributed by atoms with Crippen LogP contribution < -0.4 is 10.5 Å². The van der Waals surface area contributed by atoms with Crippen molar-refractivity contribution in [3.8, 4) is 5.75 Å². The van der Waals surface area contributed by atoms with Crippen LogP contribution >= 0.6 is 0 Å². The van der Waals surface area contributed by atoms with Crippen LogP contribution in [0.4, 0.5) is 0 Å². The number of hydrogen-bond acceptors (Lipinski definition) is 5. The van der Waals surface area contributed by atoms with Gasteiger partial charge in [-0.15, -0.1) is 0 Å². The number of methoxy groups -OCH3 is 1. The van der Waals surface area contributed by atoms with Crippen molar-refractivity contribution in [2.24, 2.45) is 5.73 Å². The molecule has 0 bridgehead atoms. The Kier molecular flexibility index (Phi) is 4.80. The van der Waals surface area contributed by atoms with Crippen LogP contribution in [0.5, 0.6) is 5.75 Å². The summed E-state index contributed by atoms with van der Waals surface area (Å²) < 4.78 is 5.37. The lowest BCUT2D eigenvalue weighted by atomic mass is 9.96. The Labute approximate surface area is 141 Å². The van der Waals surface area contributed by atoms with Crippen molar-refractivity contribution in [3.05, 3.63) is 41.0 Å².